The van der Waals surface area contributed by atoms with E-state index < -0.39 is 5.97 Å². The number of benzene rings is 2. The molecule has 0 aliphatic rings. The summed E-state index contributed by atoms with van der Waals surface area (Å²) in [4.78, 5) is 11.2. The predicted octanol–water partition coefficient (Wildman–Crippen LogP) is 3.93. The van der Waals surface area contributed by atoms with Gasteiger partial charge in [0.05, 0.1) is 17.9 Å². The molecule has 5 heteroatoms. The number of aromatic carboxylic acids is 1. The largest absolute Gasteiger partial charge is 0.478 e. The molecule has 0 radical (unpaired) electrons. The maximum Gasteiger partial charge on any atom is 0.337 e. The molecule has 0 amide bonds. The van der Waals surface area contributed by atoms with E-state index in [0.717, 1.165) is 11.3 Å². The number of nitrogens with one attached hydrogen (secondary N) is 1. The summed E-state index contributed by atoms with van der Waals surface area (Å²) in [6.45, 7) is 0.502. The highest BCUT2D eigenvalue weighted by atomic mass is 35.5. The summed E-state index contributed by atoms with van der Waals surface area (Å²) in [5.74, 6) is -1.02. The standard InChI is InChI=1S/C15H14ClNO3/c1-20-9-10-3-2-4-12(7-10)17-14-6-5-11(16)8-13(14)15(18)19/h2-8,17H,9H2,1H3,(H,18,19). The van der Waals surface area contributed by atoms with Gasteiger partial charge in [-0.05, 0) is 35.9 Å². The van der Waals surface area contributed by atoms with Crippen molar-refractivity contribution in [1.82, 2.24) is 0 Å². The molecule has 2 aromatic rings. The molecule has 0 atom stereocenters. The second-order valence-electron chi connectivity index (χ2n) is 4.25. The van der Waals surface area contributed by atoms with Gasteiger partial charge in [0, 0.05) is 17.8 Å². The van der Waals surface area contributed by atoms with Crippen LogP contribution in [0.4, 0.5) is 11.4 Å². The van der Waals surface area contributed by atoms with E-state index in [0.29, 0.717) is 17.3 Å². The maximum atomic E-state index is 11.2. The minimum absolute atomic E-state index is 0.134. The van der Waals surface area contributed by atoms with Crippen LogP contribution in [-0.4, -0.2) is 18.2 Å². The summed E-state index contributed by atoms with van der Waals surface area (Å²) in [5.41, 5.74) is 2.43. The molecule has 0 fully saturated rings. The molecular weight excluding hydrogens is 278 g/mol. The molecule has 0 heterocycles. The Kier molecular flexibility index (Phi) is 4.61. The summed E-state index contributed by atoms with van der Waals surface area (Å²) in [7, 11) is 1.63. The molecule has 0 bridgehead atoms. The third-order valence-corrected chi connectivity index (χ3v) is 2.96. The van der Waals surface area contributed by atoms with Gasteiger partial charge in [0.1, 0.15) is 0 Å². The zero-order chi connectivity index (χ0) is 14.5. The van der Waals surface area contributed by atoms with Crippen molar-refractivity contribution >= 4 is 28.9 Å². The van der Waals surface area contributed by atoms with Crippen molar-refractivity contribution in [1.29, 1.82) is 0 Å². The quantitative estimate of drug-likeness (QED) is 0.876. The van der Waals surface area contributed by atoms with Crippen LogP contribution < -0.4 is 5.32 Å². The molecule has 0 aliphatic carbocycles. The van der Waals surface area contributed by atoms with Crippen LogP contribution in [0.2, 0.25) is 5.02 Å². The SMILES string of the molecule is COCc1cccc(Nc2ccc(Cl)cc2C(=O)O)c1. The van der Waals surface area contributed by atoms with E-state index in [-0.39, 0.29) is 5.56 Å². The minimum atomic E-state index is -1.02. The van der Waals surface area contributed by atoms with Gasteiger partial charge in [0.15, 0.2) is 0 Å². The Bertz CT molecular complexity index is 628. The van der Waals surface area contributed by atoms with Crippen LogP contribution in [0.25, 0.3) is 0 Å². The van der Waals surface area contributed by atoms with Crippen LogP contribution in [0.3, 0.4) is 0 Å². The predicted molar refractivity (Wildman–Crippen MR) is 78.8 cm³/mol. The molecule has 104 valence electrons. The van der Waals surface area contributed by atoms with E-state index in [1.165, 1.54) is 6.07 Å². The van der Waals surface area contributed by atoms with Gasteiger partial charge < -0.3 is 15.2 Å². The van der Waals surface area contributed by atoms with E-state index in [1.807, 2.05) is 24.3 Å². The van der Waals surface area contributed by atoms with E-state index in [1.54, 1.807) is 19.2 Å². The zero-order valence-electron chi connectivity index (χ0n) is 10.9. The Balaban J connectivity index is 2.30. The highest BCUT2D eigenvalue weighted by Crippen LogP contribution is 2.25. The number of hydrogen-bond donors (Lipinski definition) is 2. The van der Waals surface area contributed by atoms with E-state index >= 15 is 0 Å². The zero-order valence-corrected chi connectivity index (χ0v) is 11.6. The van der Waals surface area contributed by atoms with Crippen LogP contribution in [0, 0.1) is 0 Å². The second-order valence-corrected chi connectivity index (χ2v) is 4.69. The van der Waals surface area contributed by atoms with Crippen LogP contribution in [0.15, 0.2) is 42.5 Å². The Labute approximate surface area is 122 Å². The summed E-state index contributed by atoms with van der Waals surface area (Å²) >= 11 is 5.82. The van der Waals surface area contributed by atoms with Gasteiger partial charge in [-0.2, -0.15) is 0 Å². The number of carboxylic acids is 1. The third-order valence-electron chi connectivity index (χ3n) is 2.73. The van der Waals surface area contributed by atoms with Gasteiger partial charge >= 0.3 is 5.97 Å². The van der Waals surface area contributed by atoms with E-state index in [9.17, 15) is 9.90 Å². The fraction of sp³-hybridized carbons (Fsp3) is 0.133. The van der Waals surface area contributed by atoms with Crippen molar-refractivity contribution in [2.24, 2.45) is 0 Å². The molecule has 0 unspecified atom stereocenters. The maximum absolute atomic E-state index is 11.2. The number of methoxy groups -OCH3 is 1. The molecule has 0 aliphatic heterocycles. The third kappa shape index (κ3) is 3.50. The first-order valence-electron chi connectivity index (χ1n) is 5.98. The minimum Gasteiger partial charge on any atom is -0.478 e. The first-order valence-corrected chi connectivity index (χ1v) is 6.35. The first-order chi connectivity index (χ1) is 9.60. The summed E-state index contributed by atoms with van der Waals surface area (Å²) < 4.78 is 5.07. The Hall–Kier alpha value is -2.04. The first kappa shape index (κ1) is 14.4. The topological polar surface area (TPSA) is 58.6 Å². The smallest absolute Gasteiger partial charge is 0.337 e. The second kappa shape index (κ2) is 6.41. The number of anilines is 2. The van der Waals surface area contributed by atoms with Crippen LogP contribution in [-0.2, 0) is 11.3 Å². The lowest BCUT2D eigenvalue weighted by atomic mass is 10.1. The van der Waals surface area contributed by atoms with Crippen LogP contribution >= 0.6 is 11.6 Å². The highest BCUT2D eigenvalue weighted by molar-refractivity contribution is 6.31. The molecule has 0 saturated heterocycles. The molecule has 0 spiro atoms. The lowest BCUT2D eigenvalue weighted by Gasteiger charge is -2.11. The molecule has 2 rings (SSSR count). The average Bonchev–Trinajstić information content (AvgIpc) is 2.41. The Morgan fingerprint density at radius 1 is 1.30 bits per heavy atom. The Morgan fingerprint density at radius 2 is 2.10 bits per heavy atom. The molecular formula is C15H14ClNO3. The van der Waals surface area contributed by atoms with Crippen molar-refractivity contribution in [3.8, 4) is 0 Å². The summed E-state index contributed by atoms with van der Waals surface area (Å²) in [6, 6.07) is 12.3. The number of ether oxygens (including phenoxy) is 1. The lowest BCUT2D eigenvalue weighted by Crippen LogP contribution is -2.03. The number of hydrogen-bond acceptors (Lipinski definition) is 3. The molecule has 20 heavy (non-hydrogen) atoms. The van der Waals surface area contributed by atoms with Crippen LogP contribution in [0.5, 0.6) is 0 Å². The van der Waals surface area contributed by atoms with Crippen molar-refractivity contribution in [2.45, 2.75) is 6.61 Å². The van der Waals surface area contributed by atoms with Gasteiger partial charge in [0.25, 0.3) is 0 Å². The van der Waals surface area contributed by atoms with Gasteiger partial charge in [-0.1, -0.05) is 23.7 Å². The number of carbonyl (C=O) groups is 1. The number of rotatable bonds is 5. The normalized spacial score (nSPS) is 10.3. The van der Waals surface area contributed by atoms with Gasteiger partial charge in [-0.3, -0.25) is 0 Å². The van der Waals surface area contributed by atoms with Gasteiger partial charge in [-0.25, -0.2) is 4.79 Å². The molecule has 0 aromatic heterocycles. The number of carboxylic acid groups (broad SMARTS) is 1. The summed E-state index contributed by atoms with van der Waals surface area (Å²) in [6.07, 6.45) is 0. The van der Waals surface area contributed by atoms with Gasteiger partial charge in [-0.15, -0.1) is 0 Å². The highest BCUT2D eigenvalue weighted by Gasteiger charge is 2.11. The monoisotopic (exact) mass is 291 g/mol. The van der Waals surface area contributed by atoms with Crippen LogP contribution in [0.1, 0.15) is 15.9 Å². The lowest BCUT2D eigenvalue weighted by molar-refractivity contribution is 0.0698. The summed E-state index contributed by atoms with van der Waals surface area (Å²) in [5, 5.41) is 12.7. The van der Waals surface area contributed by atoms with Crippen molar-refractivity contribution < 1.29 is 14.6 Å². The molecule has 4 nitrogen and oxygen atoms in total. The van der Waals surface area contributed by atoms with Crippen molar-refractivity contribution in [3.05, 3.63) is 58.6 Å². The van der Waals surface area contributed by atoms with E-state index in [2.05, 4.69) is 5.32 Å². The molecule has 2 N–H and O–H groups in total. The van der Waals surface area contributed by atoms with E-state index in [4.69, 9.17) is 16.3 Å². The Morgan fingerprint density at radius 3 is 2.80 bits per heavy atom. The van der Waals surface area contributed by atoms with Crippen molar-refractivity contribution in [3.63, 3.8) is 0 Å². The fourth-order valence-corrected chi connectivity index (χ4v) is 2.04. The molecule has 0 saturated carbocycles. The average molecular weight is 292 g/mol. The fourth-order valence-electron chi connectivity index (χ4n) is 1.86. The van der Waals surface area contributed by atoms with Gasteiger partial charge in [0.2, 0.25) is 0 Å². The molecule has 2 aromatic carbocycles. The number of halogens is 1. The van der Waals surface area contributed by atoms with Crippen molar-refractivity contribution in [2.75, 3.05) is 12.4 Å².